The van der Waals surface area contributed by atoms with Gasteiger partial charge in [-0.2, -0.15) is 0 Å². The molecule has 1 aliphatic rings. The maximum absolute atomic E-state index is 14.0. The average Bonchev–Trinajstić information content (AvgIpc) is 3.71. The molecule has 0 unspecified atom stereocenters. The molecule has 1 aliphatic carbocycles. The number of para-hydroxylation sites is 1. The van der Waals surface area contributed by atoms with E-state index in [0.29, 0.717) is 28.3 Å². The number of benzene rings is 2. The Kier molecular flexibility index (Phi) is 7.57. The van der Waals surface area contributed by atoms with Gasteiger partial charge in [0.05, 0.1) is 32.5 Å². The summed E-state index contributed by atoms with van der Waals surface area (Å²) < 4.78 is 18.1. The van der Waals surface area contributed by atoms with Crippen molar-refractivity contribution < 1.29 is 23.5 Å². The molecule has 10 nitrogen and oxygen atoms in total. The first kappa shape index (κ1) is 25.3. The van der Waals surface area contributed by atoms with Gasteiger partial charge < -0.3 is 24.1 Å². The van der Waals surface area contributed by atoms with Gasteiger partial charge in [-0.1, -0.05) is 30.2 Å². The molecule has 1 saturated carbocycles. The fraction of sp³-hybridized carbons (Fsp3) is 0.357. The van der Waals surface area contributed by atoms with Crippen molar-refractivity contribution in [3.8, 4) is 11.5 Å². The van der Waals surface area contributed by atoms with Crippen LogP contribution in [-0.2, 0) is 22.7 Å². The van der Waals surface area contributed by atoms with Crippen LogP contribution in [0.5, 0.6) is 11.5 Å². The Morgan fingerprint density at radius 2 is 1.82 bits per heavy atom. The summed E-state index contributed by atoms with van der Waals surface area (Å²) in [6.45, 7) is -0.0176. The fourth-order valence-electron chi connectivity index (χ4n) is 4.96. The second-order valence-corrected chi connectivity index (χ2v) is 9.38. The Balaban J connectivity index is 1.55. The van der Waals surface area contributed by atoms with Gasteiger partial charge >= 0.3 is 0 Å². The third kappa shape index (κ3) is 5.49. The van der Waals surface area contributed by atoms with E-state index in [1.165, 1.54) is 4.90 Å². The predicted molar refractivity (Wildman–Crippen MR) is 139 cm³/mol. The first-order chi connectivity index (χ1) is 18.6. The molecule has 0 bridgehead atoms. The quantitative estimate of drug-likeness (QED) is 0.340. The van der Waals surface area contributed by atoms with Gasteiger partial charge in [0, 0.05) is 12.1 Å². The molecule has 38 heavy (non-hydrogen) atoms. The predicted octanol–water partition coefficient (Wildman–Crippen LogP) is 3.87. The molecule has 0 radical (unpaired) electrons. The smallest absolute Gasteiger partial charge is 0.247 e. The van der Waals surface area contributed by atoms with Gasteiger partial charge in [-0.25, -0.2) is 4.68 Å². The van der Waals surface area contributed by atoms with Crippen molar-refractivity contribution in [2.45, 2.75) is 50.9 Å². The number of nitrogens with one attached hydrogen (secondary N) is 1. The monoisotopic (exact) mass is 517 g/mol. The van der Waals surface area contributed by atoms with Gasteiger partial charge in [0.25, 0.3) is 0 Å². The largest absolute Gasteiger partial charge is 0.497 e. The summed E-state index contributed by atoms with van der Waals surface area (Å²) in [6.07, 6.45) is 5.51. The van der Waals surface area contributed by atoms with Crippen LogP contribution in [0.1, 0.15) is 43.0 Å². The van der Waals surface area contributed by atoms with Crippen molar-refractivity contribution >= 4 is 22.8 Å². The van der Waals surface area contributed by atoms with E-state index in [0.717, 1.165) is 31.2 Å². The number of hydrogen-bond acceptors (Lipinski definition) is 7. The number of carbonyl (C=O) groups excluding carboxylic acids is 2. The van der Waals surface area contributed by atoms with E-state index >= 15 is 0 Å². The highest BCUT2D eigenvalue weighted by Gasteiger charge is 2.35. The zero-order valence-electron chi connectivity index (χ0n) is 21.5. The SMILES string of the molecule is COc1cc(OC)cc([C@@H](C(=O)NC2CCCC2)N(Cc2ccco2)C(=O)Cn2nnc3ccccc32)c1. The number of aromatic nitrogens is 3. The van der Waals surface area contributed by atoms with Crippen LogP contribution in [0.2, 0.25) is 0 Å². The van der Waals surface area contributed by atoms with Crippen molar-refractivity contribution in [1.29, 1.82) is 0 Å². The number of carbonyl (C=O) groups is 2. The number of furan rings is 1. The van der Waals surface area contributed by atoms with Gasteiger partial charge in [0.1, 0.15) is 35.4 Å². The second kappa shape index (κ2) is 11.4. The van der Waals surface area contributed by atoms with Crippen LogP contribution < -0.4 is 14.8 Å². The van der Waals surface area contributed by atoms with Gasteiger partial charge in [-0.3, -0.25) is 9.59 Å². The molecular weight excluding hydrogens is 486 g/mol. The number of ether oxygens (including phenoxy) is 2. The lowest BCUT2D eigenvalue weighted by atomic mass is 10.0. The Labute approximate surface area is 220 Å². The Morgan fingerprint density at radius 3 is 2.50 bits per heavy atom. The number of hydrogen-bond donors (Lipinski definition) is 1. The normalized spacial score (nSPS) is 14.4. The van der Waals surface area contributed by atoms with Crippen LogP contribution in [0, 0.1) is 0 Å². The fourth-order valence-corrected chi connectivity index (χ4v) is 4.96. The molecule has 1 fully saturated rings. The molecular formula is C28H31N5O5. The molecule has 2 amide bonds. The Morgan fingerprint density at radius 1 is 1.08 bits per heavy atom. The molecule has 4 aromatic rings. The van der Waals surface area contributed by atoms with Gasteiger partial charge in [0.2, 0.25) is 11.8 Å². The maximum Gasteiger partial charge on any atom is 0.247 e. The third-order valence-corrected chi connectivity index (χ3v) is 6.88. The highest BCUT2D eigenvalue weighted by Crippen LogP contribution is 2.32. The highest BCUT2D eigenvalue weighted by molar-refractivity contribution is 5.89. The van der Waals surface area contributed by atoms with E-state index in [1.807, 2.05) is 24.3 Å². The van der Waals surface area contributed by atoms with Crippen LogP contribution >= 0.6 is 0 Å². The van der Waals surface area contributed by atoms with E-state index in [2.05, 4.69) is 15.6 Å². The van der Waals surface area contributed by atoms with Crippen molar-refractivity contribution in [2.24, 2.45) is 0 Å². The molecule has 198 valence electrons. The first-order valence-electron chi connectivity index (χ1n) is 12.7. The first-order valence-corrected chi connectivity index (χ1v) is 12.7. The zero-order valence-corrected chi connectivity index (χ0v) is 21.5. The molecule has 10 heteroatoms. The van der Waals surface area contributed by atoms with Gasteiger partial charge in [-0.15, -0.1) is 5.10 Å². The topological polar surface area (TPSA) is 112 Å². The van der Waals surface area contributed by atoms with Crippen molar-refractivity contribution in [1.82, 2.24) is 25.2 Å². The van der Waals surface area contributed by atoms with E-state index in [9.17, 15) is 9.59 Å². The number of fused-ring (bicyclic) bond motifs is 1. The minimum absolute atomic E-state index is 0.0670. The highest BCUT2D eigenvalue weighted by atomic mass is 16.5. The molecule has 0 spiro atoms. The summed E-state index contributed by atoms with van der Waals surface area (Å²) in [5.41, 5.74) is 1.99. The van der Waals surface area contributed by atoms with Crippen molar-refractivity contribution in [3.63, 3.8) is 0 Å². The number of methoxy groups -OCH3 is 2. The molecule has 2 heterocycles. The summed E-state index contributed by atoms with van der Waals surface area (Å²) in [7, 11) is 3.10. The second-order valence-electron chi connectivity index (χ2n) is 9.38. The van der Waals surface area contributed by atoms with E-state index in [1.54, 1.807) is 55.5 Å². The lowest BCUT2D eigenvalue weighted by molar-refractivity contribution is -0.142. The minimum Gasteiger partial charge on any atom is -0.497 e. The summed E-state index contributed by atoms with van der Waals surface area (Å²) in [5, 5.41) is 11.5. The standard InChI is InChI=1S/C28H31N5O5/c1-36-22-14-19(15-23(16-22)37-2)27(28(35)29-20-8-3-4-9-20)32(17-21-10-7-13-38-21)26(34)18-33-25-12-6-5-11-24(25)30-31-33/h5-7,10-16,20,27H,3-4,8-9,17-18H2,1-2H3,(H,29,35)/t27-/m0/s1. The molecule has 1 atom stereocenters. The molecule has 0 aliphatic heterocycles. The van der Waals surface area contributed by atoms with E-state index < -0.39 is 6.04 Å². The summed E-state index contributed by atoms with van der Waals surface area (Å²) in [4.78, 5) is 29.5. The third-order valence-electron chi connectivity index (χ3n) is 6.88. The van der Waals surface area contributed by atoms with Crippen LogP contribution in [0.15, 0.2) is 65.3 Å². The average molecular weight is 518 g/mol. The number of rotatable bonds is 10. The summed E-state index contributed by atoms with van der Waals surface area (Å²) in [6, 6.07) is 15.3. The van der Waals surface area contributed by atoms with Crippen molar-refractivity contribution in [2.75, 3.05) is 14.2 Å². The Hall–Kier alpha value is -4.34. The van der Waals surface area contributed by atoms with E-state index in [4.69, 9.17) is 13.9 Å². The number of nitrogens with zero attached hydrogens (tertiary/aromatic N) is 4. The molecule has 5 rings (SSSR count). The lowest BCUT2D eigenvalue weighted by Crippen LogP contribution is -2.46. The van der Waals surface area contributed by atoms with Gasteiger partial charge in [0.15, 0.2) is 0 Å². The van der Waals surface area contributed by atoms with Gasteiger partial charge in [-0.05, 0) is 54.8 Å². The van der Waals surface area contributed by atoms with Crippen LogP contribution in [0.25, 0.3) is 11.0 Å². The molecule has 2 aromatic carbocycles. The van der Waals surface area contributed by atoms with Crippen molar-refractivity contribution in [3.05, 3.63) is 72.2 Å². The van der Waals surface area contributed by atoms with Crippen LogP contribution in [0.4, 0.5) is 0 Å². The molecule has 2 aromatic heterocycles. The van der Waals surface area contributed by atoms with E-state index in [-0.39, 0.29) is 30.9 Å². The maximum atomic E-state index is 14.0. The molecule has 0 saturated heterocycles. The van der Waals surface area contributed by atoms with Crippen LogP contribution in [-0.4, -0.2) is 52.0 Å². The number of amides is 2. The summed E-state index contributed by atoms with van der Waals surface area (Å²) >= 11 is 0. The summed E-state index contributed by atoms with van der Waals surface area (Å²) in [5.74, 6) is 1.01. The Bertz CT molecular complexity index is 1370. The molecule has 1 N–H and O–H groups in total. The van der Waals surface area contributed by atoms with Crippen LogP contribution in [0.3, 0.4) is 0 Å². The minimum atomic E-state index is -0.966. The zero-order chi connectivity index (χ0) is 26.5. The lowest BCUT2D eigenvalue weighted by Gasteiger charge is -2.32.